The van der Waals surface area contributed by atoms with Crippen molar-refractivity contribution in [3.8, 4) is 11.8 Å². The van der Waals surface area contributed by atoms with Crippen LogP contribution in [0.5, 0.6) is 0 Å². The van der Waals surface area contributed by atoms with Crippen molar-refractivity contribution >= 4 is 11.8 Å². The third-order valence-electron chi connectivity index (χ3n) is 1.31. The molecule has 0 fully saturated rings. The summed E-state index contributed by atoms with van der Waals surface area (Å²) in [5.74, 6) is 5.89. The second-order valence-electron chi connectivity index (χ2n) is 2.29. The number of thioether (sulfide) groups is 1. The molecule has 4 heteroatoms. The molecule has 0 saturated heterocycles. The van der Waals surface area contributed by atoms with Crippen LogP contribution in [0.3, 0.4) is 0 Å². The van der Waals surface area contributed by atoms with Gasteiger partial charge in [0.25, 0.3) is 0 Å². The van der Waals surface area contributed by atoms with Crippen LogP contribution in [0.15, 0.2) is 17.6 Å². The van der Waals surface area contributed by atoms with Crippen LogP contribution in [0.1, 0.15) is 5.56 Å². The van der Waals surface area contributed by atoms with Crippen LogP contribution in [0, 0.1) is 11.8 Å². The zero-order chi connectivity index (χ0) is 9.52. The Morgan fingerprint density at radius 3 is 2.69 bits per heavy atom. The largest absolute Gasteiger partial charge is 0.309 e. The minimum Gasteiger partial charge on any atom is -0.309 e. The Morgan fingerprint density at radius 1 is 1.46 bits per heavy atom. The fourth-order valence-corrected chi connectivity index (χ4v) is 1.04. The molecule has 0 aromatic carbocycles. The Hall–Kier alpha value is -1.05. The highest BCUT2D eigenvalue weighted by Crippen LogP contribution is 2.05. The highest BCUT2D eigenvalue weighted by molar-refractivity contribution is 7.98. The third-order valence-corrected chi connectivity index (χ3v) is 1.88. The van der Waals surface area contributed by atoms with E-state index in [2.05, 4.69) is 27.1 Å². The van der Waals surface area contributed by atoms with E-state index in [1.54, 1.807) is 12.4 Å². The van der Waals surface area contributed by atoms with Crippen molar-refractivity contribution in [1.82, 2.24) is 15.3 Å². The van der Waals surface area contributed by atoms with Gasteiger partial charge in [0, 0.05) is 12.4 Å². The summed E-state index contributed by atoms with van der Waals surface area (Å²) in [4.78, 5) is 8.21. The first-order valence-corrected chi connectivity index (χ1v) is 5.09. The lowest BCUT2D eigenvalue weighted by atomic mass is 10.3. The molecule has 0 aliphatic heterocycles. The smallest absolute Gasteiger partial charge is 0.187 e. The molecule has 1 N–H and O–H groups in total. The van der Waals surface area contributed by atoms with Crippen molar-refractivity contribution in [2.45, 2.75) is 5.16 Å². The van der Waals surface area contributed by atoms with Gasteiger partial charge in [0.15, 0.2) is 5.16 Å². The van der Waals surface area contributed by atoms with Crippen molar-refractivity contribution in [2.75, 3.05) is 19.8 Å². The maximum atomic E-state index is 4.10. The number of hydrogen-bond donors (Lipinski definition) is 1. The average Bonchev–Trinajstić information content (AvgIpc) is 2.19. The molecule has 13 heavy (non-hydrogen) atoms. The van der Waals surface area contributed by atoms with E-state index >= 15 is 0 Å². The topological polar surface area (TPSA) is 37.8 Å². The van der Waals surface area contributed by atoms with E-state index in [9.17, 15) is 0 Å². The van der Waals surface area contributed by atoms with Gasteiger partial charge in [0.1, 0.15) is 0 Å². The van der Waals surface area contributed by atoms with Gasteiger partial charge in [-0.05, 0) is 13.3 Å². The van der Waals surface area contributed by atoms with Crippen LogP contribution in [0.4, 0.5) is 0 Å². The number of aromatic nitrogens is 2. The maximum Gasteiger partial charge on any atom is 0.187 e. The molecule has 0 aliphatic rings. The second kappa shape index (κ2) is 5.57. The SMILES string of the molecule is CNCC#Cc1cnc(SC)nc1. The Balaban J connectivity index is 2.65. The van der Waals surface area contributed by atoms with E-state index in [1.165, 1.54) is 11.8 Å². The average molecular weight is 193 g/mol. The number of rotatable bonds is 2. The van der Waals surface area contributed by atoms with Crippen molar-refractivity contribution in [1.29, 1.82) is 0 Å². The highest BCUT2D eigenvalue weighted by atomic mass is 32.2. The first-order chi connectivity index (χ1) is 6.36. The van der Waals surface area contributed by atoms with Crippen molar-refractivity contribution < 1.29 is 0 Å². The quantitative estimate of drug-likeness (QED) is 0.428. The molecule has 0 saturated carbocycles. The molecule has 3 nitrogen and oxygen atoms in total. The normalized spacial score (nSPS) is 9.08. The van der Waals surface area contributed by atoms with E-state index < -0.39 is 0 Å². The molecule has 0 aliphatic carbocycles. The minimum atomic E-state index is 0.685. The van der Waals surface area contributed by atoms with Crippen LogP contribution in [0.2, 0.25) is 0 Å². The fraction of sp³-hybridized carbons (Fsp3) is 0.333. The summed E-state index contributed by atoms with van der Waals surface area (Å²) in [5, 5.41) is 3.72. The summed E-state index contributed by atoms with van der Waals surface area (Å²) < 4.78 is 0. The number of hydrogen-bond acceptors (Lipinski definition) is 4. The standard InChI is InChI=1S/C9H11N3S/c1-10-5-3-4-8-6-11-9(13-2)12-7-8/h6-7,10H,5H2,1-2H3. The summed E-state index contributed by atoms with van der Waals surface area (Å²) in [6.07, 6.45) is 5.42. The lowest BCUT2D eigenvalue weighted by Crippen LogP contribution is -2.04. The molecule has 1 rings (SSSR count). The second-order valence-corrected chi connectivity index (χ2v) is 3.06. The molecule has 1 aromatic heterocycles. The summed E-state index contributed by atoms with van der Waals surface area (Å²) >= 11 is 1.52. The van der Waals surface area contributed by atoms with Crippen LogP contribution < -0.4 is 5.32 Å². The van der Waals surface area contributed by atoms with Gasteiger partial charge >= 0.3 is 0 Å². The van der Waals surface area contributed by atoms with Gasteiger partial charge in [-0.1, -0.05) is 23.6 Å². The van der Waals surface area contributed by atoms with Crippen LogP contribution in [-0.2, 0) is 0 Å². The Morgan fingerprint density at radius 2 is 2.15 bits per heavy atom. The third kappa shape index (κ3) is 3.45. The van der Waals surface area contributed by atoms with Crippen LogP contribution in [-0.4, -0.2) is 29.8 Å². The summed E-state index contributed by atoms with van der Waals surface area (Å²) in [5.41, 5.74) is 0.855. The van der Waals surface area contributed by atoms with Crippen molar-refractivity contribution in [3.63, 3.8) is 0 Å². The lowest BCUT2D eigenvalue weighted by molar-refractivity contribution is 0.937. The van der Waals surface area contributed by atoms with E-state index in [-0.39, 0.29) is 0 Å². The van der Waals surface area contributed by atoms with E-state index in [1.807, 2.05) is 13.3 Å². The van der Waals surface area contributed by atoms with E-state index in [0.29, 0.717) is 6.54 Å². The maximum absolute atomic E-state index is 4.10. The zero-order valence-electron chi connectivity index (χ0n) is 7.66. The fourth-order valence-electron chi connectivity index (χ4n) is 0.721. The molecular weight excluding hydrogens is 182 g/mol. The molecule has 68 valence electrons. The molecular formula is C9H11N3S. The lowest BCUT2D eigenvalue weighted by Gasteiger charge is -1.92. The van der Waals surface area contributed by atoms with E-state index in [0.717, 1.165) is 10.7 Å². The summed E-state index contributed by atoms with van der Waals surface area (Å²) in [6, 6.07) is 0. The van der Waals surface area contributed by atoms with Gasteiger partial charge in [-0.25, -0.2) is 9.97 Å². The van der Waals surface area contributed by atoms with E-state index in [4.69, 9.17) is 0 Å². The molecule has 0 radical (unpaired) electrons. The zero-order valence-corrected chi connectivity index (χ0v) is 8.48. The number of nitrogens with one attached hydrogen (secondary N) is 1. The monoisotopic (exact) mass is 193 g/mol. The Kier molecular flexibility index (Phi) is 4.30. The molecule has 0 amide bonds. The Bertz CT molecular complexity index is 310. The molecule has 1 heterocycles. The van der Waals surface area contributed by atoms with Crippen LogP contribution >= 0.6 is 11.8 Å². The van der Waals surface area contributed by atoms with Gasteiger partial charge < -0.3 is 5.32 Å². The van der Waals surface area contributed by atoms with Crippen molar-refractivity contribution in [3.05, 3.63) is 18.0 Å². The predicted octanol–water partition coefficient (Wildman–Crippen LogP) is 0.769. The number of nitrogens with zero attached hydrogens (tertiary/aromatic N) is 2. The van der Waals surface area contributed by atoms with Gasteiger partial charge in [0.05, 0.1) is 12.1 Å². The molecule has 1 aromatic rings. The highest BCUT2D eigenvalue weighted by Gasteiger charge is 1.91. The molecule has 0 spiro atoms. The molecule has 0 bridgehead atoms. The molecule has 0 unspecified atom stereocenters. The van der Waals surface area contributed by atoms with Gasteiger partial charge in [-0.2, -0.15) is 0 Å². The molecule has 0 atom stereocenters. The van der Waals surface area contributed by atoms with Gasteiger partial charge in [0.2, 0.25) is 0 Å². The van der Waals surface area contributed by atoms with Gasteiger partial charge in [-0.15, -0.1) is 0 Å². The minimum absolute atomic E-state index is 0.685. The van der Waals surface area contributed by atoms with Crippen LogP contribution in [0.25, 0.3) is 0 Å². The Labute approximate surface area is 82.4 Å². The summed E-state index contributed by atoms with van der Waals surface area (Å²) in [6.45, 7) is 0.685. The van der Waals surface area contributed by atoms with Crippen molar-refractivity contribution in [2.24, 2.45) is 0 Å². The van der Waals surface area contributed by atoms with Gasteiger partial charge in [-0.3, -0.25) is 0 Å². The predicted molar refractivity (Wildman–Crippen MR) is 54.6 cm³/mol. The first kappa shape index (κ1) is 10.0. The first-order valence-electron chi connectivity index (χ1n) is 3.86. The summed E-state index contributed by atoms with van der Waals surface area (Å²) in [7, 11) is 1.86.